The van der Waals surface area contributed by atoms with Gasteiger partial charge in [-0.05, 0) is 19.8 Å². The highest BCUT2D eigenvalue weighted by molar-refractivity contribution is 7.87. The lowest BCUT2D eigenvalue weighted by Crippen LogP contribution is -2.47. The van der Waals surface area contributed by atoms with Gasteiger partial charge in [0.25, 0.3) is 10.2 Å². The summed E-state index contributed by atoms with van der Waals surface area (Å²) in [5, 5.41) is 0. The predicted octanol–water partition coefficient (Wildman–Crippen LogP) is 0.144. The van der Waals surface area contributed by atoms with E-state index in [1.54, 1.807) is 7.05 Å². The summed E-state index contributed by atoms with van der Waals surface area (Å²) in [4.78, 5) is 0. The van der Waals surface area contributed by atoms with E-state index in [9.17, 15) is 8.42 Å². The number of hydrogen-bond acceptors (Lipinski definition) is 3. The molecule has 0 radical (unpaired) electrons. The molecule has 0 aromatic heterocycles. The van der Waals surface area contributed by atoms with Crippen LogP contribution in [0.4, 0.5) is 0 Å². The van der Waals surface area contributed by atoms with Gasteiger partial charge in [0, 0.05) is 25.7 Å². The molecule has 0 aromatic carbocycles. The largest absolute Gasteiger partial charge is 0.326 e. The van der Waals surface area contributed by atoms with Gasteiger partial charge in [-0.3, -0.25) is 0 Å². The molecule has 1 unspecified atom stereocenters. The van der Waals surface area contributed by atoms with Crippen molar-refractivity contribution in [3.8, 4) is 0 Å². The van der Waals surface area contributed by atoms with Crippen molar-refractivity contribution in [2.75, 3.05) is 13.6 Å². The van der Waals surface area contributed by atoms with Crippen molar-refractivity contribution < 1.29 is 8.42 Å². The van der Waals surface area contributed by atoms with Gasteiger partial charge in [0.05, 0.1) is 0 Å². The van der Waals surface area contributed by atoms with Gasteiger partial charge in [0.2, 0.25) is 0 Å². The molecule has 0 aliphatic heterocycles. The molecule has 92 valence electrons. The molecule has 15 heavy (non-hydrogen) atoms. The minimum absolute atomic E-state index is 0.0576. The van der Waals surface area contributed by atoms with Crippen LogP contribution in [-0.4, -0.2) is 38.4 Å². The fraction of sp³-hybridized carbons (Fsp3) is 1.00. The third kappa shape index (κ3) is 4.92. The molecule has 0 saturated carbocycles. The minimum Gasteiger partial charge on any atom is -0.326 e. The van der Waals surface area contributed by atoms with Crippen LogP contribution < -0.4 is 10.5 Å². The normalized spacial score (nSPS) is 15.3. The molecule has 0 amide bonds. The van der Waals surface area contributed by atoms with Crippen LogP contribution in [0, 0.1) is 5.92 Å². The molecule has 5 nitrogen and oxygen atoms in total. The third-order valence-electron chi connectivity index (χ3n) is 2.46. The Labute approximate surface area is 93.2 Å². The van der Waals surface area contributed by atoms with Gasteiger partial charge in [0.1, 0.15) is 0 Å². The summed E-state index contributed by atoms with van der Waals surface area (Å²) in [6.45, 7) is 7.84. The van der Waals surface area contributed by atoms with Crippen LogP contribution in [0.3, 0.4) is 0 Å². The standard InChI is InChI=1S/C9H23N3O2S/c1-7(2)9(10)6-11-15(13,14)12(5)8(3)4/h7-9,11H,6,10H2,1-5H3. The van der Waals surface area contributed by atoms with Gasteiger partial charge >= 0.3 is 0 Å². The molecule has 3 N–H and O–H groups in total. The molecule has 0 rings (SSSR count). The van der Waals surface area contributed by atoms with Crippen LogP contribution in [0.5, 0.6) is 0 Å². The summed E-state index contributed by atoms with van der Waals surface area (Å²) < 4.78 is 27.1. The van der Waals surface area contributed by atoms with Gasteiger partial charge in [-0.1, -0.05) is 13.8 Å². The van der Waals surface area contributed by atoms with E-state index in [0.29, 0.717) is 0 Å². The summed E-state index contributed by atoms with van der Waals surface area (Å²) >= 11 is 0. The topological polar surface area (TPSA) is 75.4 Å². The fourth-order valence-corrected chi connectivity index (χ4v) is 1.98. The van der Waals surface area contributed by atoms with Crippen LogP contribution in [-0.2, 0) is 10.2 Å². The van der Waals surface area contributed by atoms with Crippen LogP contribution in [0.2, 0.25) is 0 Å². The highest BCUT2D eigenvalue weighted by atomic mass is 32.2. The van der Waals surface area contributed by atoms with Gasteiger partial charge in [-0.2, -0.15) is 12.7 Å². The maximum Gasteiger partial charge on any atom is 0.279 e. The molecule has 0 heterocycles. The molecule has 0 aliphatic carbocycles. The summed E-state index contributed by atoms with van der Waals surface area (Å²) in [6, 6.07) is -0.210. The first-order chi connectivity index (χ1) is 6.68. The highest BCUT2D eigenvalue weighted by Gasteiger charge is 2.21. The Morgan fingerprint density at radius 1 is 1.27 bits per heavy atom. The first-order valence-electron chi connectivity index (χ1n) is 5.16. The molecule has 6 heteroatoms. The van der Waals surface area contributed by atoms with Crippen LogP contribution in [0.25, 0.3) is 0 Å². The van der Waals surface area contributed by atoms with Crippen LogP contribution in [0.15, 0.2) is 0 Å². The monoisotopic (exact) mass is 237 g/mol. The Kier molecular flexibility index (Phi) is 5.72. The molecular formula is C9H23N3O2S. The zero-order chi connectivity index (χ0) is 12.2. The summed E-state index contributed by atoms with van der Waals surface area (Å²) in [6.07, 6.45) is 0. The van der Waals surface area contributed by atoms with E-state index in [-0.39, 0.29) is 24.5 Å². The molecule has 0 spiro atoms. The Balaban J connectivity index is 4.29. The maximum atomic E-state index is 11.7. The summed E-state index contributed by atoms with van der Waals surface area (Å²) in [5.74, 6) is 0.261. The molecule has 0 fully saturated rings. The second-order valence-corrected chi connectivity index (χ2v) is 6.19. The number of nitrogens with one attached hydrogen (secondary N) is 1. The Bertz CT molecular complexity index is 275. The van der Waals surface area contributed by atoms with Crippen LogP contribution in [0.1, 0.15) is 27.7 Å². The predicted molar refractivity (Wildman–Crippen MR) is 62.6 cm³/mol. The van der Waals surface area contributed by atoms with E-state index < -0.39 is 10.2 Å². The average molecular weight is 237 g/mol. The second kappa shape index (κ2) is 5.79. The van der Waals surface area contributed by atoms with Crippen molar-refractivity contribution in [2.24, 2.45) is 11.7 Å². The first-order valence-corrected chi connectivity index (χ1v) is 6.60. The first kappa shape index (κ1) is 14.8. The van der Waals surface area contributed by atoms with Gasteiger partial charge < -0.3 is 5.73 Å². The molecule has 0 bridgehead atoms. The van der Waals surface area contributed by atoms with Crippen molar-refractivity contribution in [1.29, 1.82) is 0 Å². The maximum absolute atomic E-state index is 11.7. The quantitative estimate of drug-likeness (QED) is 0.690. The summed E-state index contributed by atoms with van der Waals surface area (Å²) in [5.41, 5.74) is 5.75. The minimum atomic E-state index is -3.38. The molecule has 0 saturated heterocycles. The van der Waals surface area contributed by atoms with Gasteiger partial charge in [-0.15, -0.1) is 0 Å². The molecular weight excluding hydrogens is 214 g/mol. The average Bonchev–Trinajstić information content (AvgIpc) is 2.12. The smallest absolute Gasteiger partial charge is 0.279 e. The lowest BCUT2D eigenvalue weighted by molar-refractivity contribution is 0.396. The van der Waals surface area contributed by atoms with Gasteiger partial charge in [-0.25, -0.2) is 4.72 Å². The Hall–Kier alpha value is -0.170. The van der Waals surface area contributed by atoms with Crippen molar-refractivity contribution in [3.63, 3.8) is 0 Å². The fourth-order valence-electron chi connectivity index (χ4n) is 0.817. The lowest BCUT2D eigenvalue weighted by atomic mass is 10.1. The van der Waals surface area contributed by atoms with E-state index in [1.807, 2.05) is 27.7 Å². The lowest BCUT2D eigenvalue weighted by Gasteiger charge is -2.23. The molecule has 0 aromatic rings. The summed E-state index contributed by atoms with van der Waals surface area (Å²) in [7, 11) is -1.84. The second-order valence-electron chi connectivity index (χ2n) is 4.37. The Morgan fingerprint density at radius 3 is 2.07 bits per heavy atom. The SMILES string of the molecule is CC(C)C(N)CNS(=O)(=O)N(C)C(C)C. The van der Waals surface area contributed by atoms with E-state index in [1.165, 1.54) is 4.31 Å². The number of nitrogens with two attached hydrogens (primary N) is 1. The highest BCUT2D eigenvalue weighted by Crippen LogP contribution is 2.02. The number of nitrogens with zero attached hydrogens (tertiary/aromatic N) is 1. The molecule has 1 atom stereocenters. The number of rotatable bonds is 6. The van der Waals surface area contributed by atoms with Gasteiger partial charge in [0.15, 0.2) is 0 Å². The van der Waals surface area contributed by atoms with E-state index in [0.717, 1.165) is 0 Å². The van der Waals surface area contributed by atoms with Crippen molar-refractivity contribution in [3.05, 3.63) is 0 Å². The van der Waals surface area contributed by atoms with Crippen molar-refractivity contribution >= 4 is 10.2 Å². The van der Waals surface area contributed by atoms with E-state index in [4.69, 9.17) is 5.73 Å². The van der Waals surface area contributed by atoms with E-state index in [2.05, 4.69) is 4.72 Å². The zero-order valence-corrected chi connectivity index (χ0v) is 11.0. The third-order valence-corrected chi connectivity index (χ3v) is 4.18. The number of hydrogen-bond donors (Lipinski definition) is 2. The molecule has 0 aliphatic rings. The zero-order valence-electron chi connectivity index (χ0n) is 10.2. The van der Waals surface area contributed by atoms with Crippen LogP contribution >= 0.6 is 0 Å². The van der Waals surface area contributed by atoms with E-state index >= 15 is 0 Å². The van der Waals surface area contributed by atoms with Crippen molar-refractivity contribution in [2.45, 2.75) is 39.8 Å². The Morgan fingerprint density at radius 2 is 1.73 bits per heavy atom. The van der Waals surface area contributed by atoms with Crippen molar-refractivity contribution in [1.82, 2.24) is 9.03 Å².